The summed E-state index contributed by atoms with van der Waals surface area (Å²) < 4.78 is 9.71. The van der Waals surface area contributed by atoms with Crippen LogP contribution in [0.15, 0.2) is 18.2 Å². The number of para-hydroxylation sites is 1. The molecule has 98 valence electrons. The van der Waals surface area contributed by atoms with Gasteiger partial charge in [0, 0.05) is 13.2 Å². The molecule has 0 spiro atoms. The van der Waals surface area contributed by atoms with Gasteiger partial charge in [-0.1, -0.05) is 6.07 Å². The van der Waals surface area contributed by atoms with Gasteiger partial charge in [0.15, 0.2) is 11.5 Å². The molecule has 0 aliphatic rings. The van der Waals surface area contributed by atoms with Crippen LogP contribution in [0, 0.1) is 0 Å². The molecule has 0 amide bonds. The molecule has 0 aromatic heterocycles. The van der Waals surface area contributed by atoms with Crippen molar-refractivity contribution in [3.8, 4) is 17.2 Å². The minimum absolute atomic E-state index is 0.0394. The van der Waals surface area contributed by atoms with Crippen LogP contribution in [0.25, 0.3) is 0 Å². The Morgan fingerprint density at radius 3 is 1.65 bits per heavy atom. The first-order chi connectivity index (χ1) is 8.21. The third-order valence-electron chi connectivity index (χ3n) is 1.97. The number of aromatic hydroxyl groups is 1. The Labute approximate surface area is 101 Å². The highest BCUT2D eigenvalue weighted by Crippen LogP contribution is 2.34. The number of methoxy groups -OCH3 is 2. The summed E-state index contributed by atoms with van der Waals surface area (Å²) in [6, 6.07) is 5.08. The summed E-state index contributed by atoms with van der Waals surface area (Å²) in [4.78, 5) is 0. The van der Waals surface area contributed by atoms with Gasteiger partial charge in [0.2, 0.25) is 5.75 Å². The minimum Gasteiger partial charge on any atom is -0.502 e. The van der Waals surface area contributed by atoms with Crippen molar-refractivity contribution in [2.75, 3.05) is 27.4 Å². The number of unbranched alkanes of at least 4 members (excludes halogenated alkanes) is 1. The number of aliphatic hydroxyl groups is 2. The van der Waals surface area contributed by atoms with Crippen molar-refractivity contribution in [3.05, 3.63) is 18.2 Å². The zero-order chi connectivity index (χ0) is 13.1. The van der Waals surface area contributed by atoms with Gasteiger partial charge in [-0.2, -0.15) is 0 Å². The van der Waals surface area contributed by atoms with E-state index in [4.69, 9.17) is 19.7 Å². The highest BCUT2D eigenvalue weighted by Gasteiger charge is 2.05. The topological polar surface area (TPSA) is 79.2 Å². The fourth-order valence-electron chi connectivity index (χ4n) is 1.06. The Balaban J connectivity index is 0.000000366. The second-order valence-electron chi connectivity index (χ2n) is 3.17. The average Bonchev–Trinajstić information content (AvgIpc) is 2.37. The van der Waals surface area contributed by atoms with E-state index in [9.17, 15) is 5.11 Å². The van der Waals surface area contributed by atoms with Crippen molar-refractivity contribution in [2.45, 2.75) is 12.8 Å². The average molecular weight is 244 g/mol. The van der Waals surface area contributed by atoms with Crippen LogP contribution in [0.2, 0.25) is 0 Å². The van der Waals surface area contributed by atoms with Gasteiger partial charge in [0.05, 0.1) is 14.2 Å². The Kier molecular flexibility index (Phi) is 8.91. The second kappa shape index (κ2) is 9.74. The molecule has 0 unspecified atom stereocenters. The molecule has 17 heavy (non-hydrogen) atoms. The fraction of sp³-hybridized carbons (Fsp3) is 0.500. The van der Waals surface area contributed by atoms with Gasteiger partial charge >= 0.3 is 0 Å². The normalized spacial score (nSPS) is 9.18. The molecule has 0 saturated heterocycles. The molecule has 0 saturated carbocycles. The predicted molar refractivity (Wildman–Crippen MR) is 64.6 cm³/mol. The Morgan fingerprint density at radius 1 is 0.941 bits per heavy atom. The van der Waals surface area contributed by atoms with Crippen LogP contribution >= 0.6 is 0 Å². The highest BCUT2D eigenvalue weighted by atomic mass is 16.5. The highest BCUT2D eigenvalue weighted by molar-refractivity contribution is 5.49. The maximum atomic E-state index is 9.34. The van der Waals surface area contributed by atoms with Crippen LogP contribution < -0.4 is 9.47 Å². The third kappa shape index (κ3) is 5.99. The molecule has 5 nitrogen and oxygen atoms in total. The van der Waals surface area contributed by atoms with Crippen LogP contribution in [-0.2, 0) is 0 Å². The van der Waals surface area contributed by atoms with Crippen molar-refractivity contribution in [1.82, 2.24) is 0 Å². The van der Waals surface area contributed by atoms with Gasteiger partial charge in [0.25, 0.3) is 0 Å². The molecule has 0 aliphatic heterocycles. The molecule has 0 fully saturated rings. The fourth-order valence-corrected chi connectivity index (χ4v) is 1.06. The first kappa shape index (κ1) is 15.5. The second-order valence-corrected chi connectivity index (χ2v) is 3.17. The zero-order valence-electron chi connectivity index (χ0n) is 10.2. The molecule has 1 aromatic rings. The minimum atomic E-state index is 0.0394. The first-order valence-corrected chi connectivity index (χ1v) is 5.32. The van der Waals surface area contributed by atoms with E-state index < -0.39 is 0 Å². The lowest BCUT2D eigenvalue weighted by Gasteiger charge is -2.06. The van der Waals surface area contributed by atoms with Gasteiger partial charge in [-0.3, -0.25) is 0 Å². The lowest BCUT2D eigenvalue weighted by atomic mass is 10.3. The van der Waals surface area contributed by atoms with Crippen molar-refractivity contribution in [3.63, 3.8) is 0 Å². The number of ether oxygens (including phenoxy) is 2. The van der Waals surface area contributed by atoms with E-state index in [-0.39, 0.29) is 19.0 Å². The van der Waals surface area contributed by atoms with Crippen LogP contribution in [-0.4, -0.2) is 42.8 Å². The molecular weight excluding hydrogens is 224 g/mol. The summed E-state index contributed by atoms with van der Waals surface area (Å²) in [7, 11) is 2.99. The maximum Gasteiger partial charge on any atom is 0.200 e. The van der Waals surface area contributed by atoms with E-state index in [0.717, 1.165) is 12.8 Å². The van der Waals surface area contributed by atoms with E-state index in [0.29, 0.717) is 11.5 Å². The smallest absolute Gasteiger partial charge is 0.200 e. The van der Waals surface area contributed by atoms with Crippen molar-refractivity contribution >= 4 is 0 Å². The monoisotopic (exact) mass is 244 g/mol. The molecule has 1 aromatic carbocycles. The number of benzene rings is 1. The van der Waals surface area contributed by atoms with Gasteiger partial charge in [-0.15, -0.1) is 0 Å². The van der Waals surface area contributed by atoms with E-state index in [2.05, 4.69) is 0 Å². The zero-order valence-corrected chi connectivity index (χ0v) is 10.2. The van der Waals surface area contributed by atoms with E-state index >= 15 is 0 Å². The summed E-state index contributed by atoms with van der Waals surface area (Å²) in [6.07, 6.45) is 1.44. The summed E-state index contributed by atoms with van der Waals surface area (Å²) in [5.41, 5.74) is 0. The summed E-state index contributed by atoms with van der Waals surface area (Å²) in [6.45, 7) is 0.390. The molecule has 3 N–H and O–H groups in total. The van der Waals surface area contributed by atoms with E-state index in [1.165, 1.54) is 14.2 Å². The Morgan fingerprint density at radius 2 is 1.35 bits per heavy atom. The molecule has 0 radical (unpaired) electrons. The number of hydrogen-bond acceptors (Lipinski definition) is 5. The van der Waals surface area contributed by atoms with Gasteiger partial charge < -0.3 is 24.8 Å². The lowest BCUT2D eigenvalue weighted by Crippen LogP contribution is -1.87. The number of phenols is 1. The molecular formula is C12H20O5. The van der Waals surface area contributed by atoms with Gasteiger partial charge in [0.1, 0.15) is 0 Å². The van der Waals surface area contributed by atoms with Gasteiger partial charge in [-0.25, -0.2) is 0 Å². The van der Waals surface area contributed by atoms with Crippen LogP contribution in [0.5, 0.6) is 17.2 Å². The van der Waals surface area contributed by atoms with Crippen LogP contribution in [0.3, 0.4) is 0 Å². The van der Waals surface area contributed by atoms with Crippen molar-refractivity contribution in [2.24, 2.45) is 0 Å². The van der Waals surface area contributed by atoms with Crippen molar-refractivity contribution in [1.29, 1.82) is 0 Å². The predicted octanol–water partition coefficient (Wildman–Crippen LogP) is 1.16. The van der Waals surface area contributed by atoms with Crippen LogP contribution in [0.1, 0.15) is 12.8 Å². The maximum absolute atomic E-state index is 9.34. The standard InChI is InChI=1S/C8H10O3.C4H10O2/c1-10-6-4-3-5-7(11-2)8(6)9;5-3-1-2-4-6/h3-5,9H,1-2H3;5-6H,1-4H2. The lowest BCUT2D eigenvalue weighted by molar-refractivity contribution is 0.242. The largest absolute Gasteiger partial charge is 0.502 e. The number of phenolic OH excluding ortho intramolecular Hbond substituents is 1. The number of hydrogen-bond donors (Lipinski definition) is 3. The molecule has 1 rings (SSSR count). The summed E-state index contributed by atoms with van der Waals surface area (Å²) >= 11 is 0. The van der Waals surface area contributed by atoms with Crippen LogP contribution in [0.4, 0.5) is 0 Å². The molecule has 0 bridgehead atoms. The molecule has 0 aliphatic carbocycles. The number of aliphatic hydroxyl groups excluding tert-OH is 2. The van der Waals surface area contributed by atoms with E-state index in [1.807, 2.05) is 0 Å². The quantitative estimate of drug-likeness (QED) is 0.677. The molecule has 5 heteroatoms. The molecule has 0 atom stereocenters. The first-order valence-electron chi connectivity index (χ1n) is 5.32. The van der Waals surface area contributed by atoms with E-state index in [1.54, 1.807) is 18.2 Å². The van der Waals surface area contributed by atoms with Crippen molar-refractivity contribution < 1.29 is 24.8 Å². The summed E-state index contributed by atoms with van der Waals surface area (Å²) in [5, 5.41) is 25.5. The SMILES string of the molecule is COc1cccc(OC)c1O.OCCCCO. The third-order valence-corrected chi connectivity index (χ3v) is 1.97. The molecule has 0 heterocycles. The Hall–Kier alpha value is -1.46. The number of rotatable bonds is 5. The summed E-state index contributed by atoms with van der Waals surface area (Å²) in [5.74, 6) is 0.881. The Bertz CT molecular complexity index is 275. The van der Waals surface area contributed by atoms with Gasteiger partial charge in [-0.05, 0) is 25.0 Å².